The van der Waals surface area contributed by atoms with E-state index in [0.29, 0.717) is 27.0 Å². The normalized spacial score (nSPS) is 9.80. The molecule has 0 aliphatic carbocycles. The quantitative estimate of drug-likeness (QED) is 0.302. The number of hydrogen-bond acceptors (Lipinski definition) is 6. The number of carbonyl (C=O) groups excluding carboxylic acids is 1. The molecular weight excluding hydrogens is 480 g/mol. The van der Waals surface area contributed by atoms with Crippen LogP contribution in [-0.2, 0) is 6.42 Å². The van der Waals surface area contributed by atoms with Gasteiger partial charge in [0.15, 0.2) is 0 Å². The molecule has 0 aliphatic heterocycles. The number of carbonyl (C=O) groups is 1. The summed E-state index contributed by atoms with van der Waals surface area (Å²) in [6.45, 7) is 9.84. The maximum atomic E-state index is 12.7. The van der Waals surface area contributed by atoms with E-state index in [9.17, 15) is 4.79 Å². The van der Waals surface area contributed by atoms with Gasteiger partial charge in [0.1, 0.15) is 10.8 Å². The van der Waals surface area contributed by atoms with Crippen molar-refractivity contribution in [2.24, 2.45) is 0 Å². The molecule has 0 saturated carbocycles. The topological polar surface area (TPSA) is 77.0 Å². The second-order valence-corrected chi connectivity index (χ2v) is 8.75. The van der Waals surface area contributed by atoms with Crippen LogP contribution in [0.2, 0.25) is 5.02 Å². The molecule has 0 atom stereocenters. The van der Waals surface area contributed by atoms with E-state index < -0.39 is 0 Å². The van der Waals surface area contributed by atoms with Gasteiger partial charge in [-0.3, -0.25) is 15.1 Å². The van der Waals surface area contributed by atoms with Crippen molar-refractivity contribution in [3.8, 4) is 16.9 Å². The summed E-state index contributed by atoms with van der Waals surface area (Å²) >= 11 is 7.44. The molecule has 8 heteroatoms. The van der Waals surface area contributed by atoms with Gasteiger partial charge in [0.05, 0.1) is 12.7 Å². The van der Waals surface area contributed by atoms with Crippen molar-refractivity contribution in [2.75, 3.05) is 12.4 Å². The van der Waals surface area contributed by atoms with Gasteiger partial charge in [0.2, 0.25) is 5.13 Å². The average molecular weight is 511 g/mol. The largest absolute Gasteiger partial charge is 0.496 e. The number of aryl methyl sites for hydroxylation is 3. The highest BCUT2D eigenvalue weighted by molar-refractivity contribution is 7.15. The van der Waals surface area contributed by atoms with Crippen LogP contribution in [0.1, 0.15) is 47.4 Å². The Morgan fingerprint density at radius 1 is 1.03 bits per heavy atom. The third-order valence-electron chi connectivity index (χ3n) is 4.73. The number of amides is 1. The fourth-order valence-corrected chi connectivity index (χ4v) is 3.84. The van der Waals surface area contributed by atoms with Crippen LogP contribution < -0.4 is 10.1 Å². The molecule has 35 heavy (non-hydrogen) atoms. The molecule has 0 radical (unpaired) electrons. The number of hydrogen-bond donors (Lipinski definition) is 1. The number of pyridine rings is 1. The van der Waals surface area contributed by atoms with Gasteiger partial charge in [-0.2, -0.15) is 0 Å². The third kappa shape index (κ3) is 8.16. The smallest absolute Gasteiger partial charge is 0.259 e. The molecule has 184 valence electrons. The highest BCUT2D eigenvalue weighted by Crippen LogP contribution is 2.35. The van der Waals surface area contributed by atoms with Gasteiger partial charge in [-0.05, 0) is 50.1 Å². The van der Waals surface area contributed by atoms with E-state index in [1.165, 1.54) is 23.1 Å². The Labute approximate surface area is 216 Å². The summed E-state index contributed by atoms with van der Waals surface area (Å²) in [6.07, 6.45) is 2.68. The molecule has 2 aromatic carbocycles. The van der Waals surface area contributed by atoms with Crippen LogP contribution in [0.5, 0.6) is 5.75 Å². The maximum absolute atomic E-state index is 12.7. The Bertz CT molecular complexity index is 1230. The first-order valence-electron chi connectivity index (χ1n) is 11.4. The van der Waals surface area contributed by atoms with Crippen molar-refractivity contribution in [1.29, 1.82) is 0 Å². The van der Waals surface area contributed by atoms with Crippen LogP contribution in [0, 0.1) is 13.8 Å². The van der Waals surface area contributed by atoms with Gasteiger partial charge in [0, 0.05) is 28.0 Å². The van der Waals surface area contributed by atoms with Crippen molar-refractivity contribution in [1.82, 2.24) is 15.2 Å². The van der Waals surface area contributed by atoms with Crippen LogP contribution in [0.15, 0.2) is 60.8 Å². The molecular formula is C27H31ClN4O2S. The lowest BCUT2D eigenvalue weighted by Gasteiger charge is -2.13. The zero-order valence-corrected chi connectivity index (χ0v) is 22.5. The summed E-state index contributed by atoms with van der Waals surface area (Å²) < 4.78 is 5.42. The van der Waals surface area contributed by atoms with Crippen molar-refractivity contribution < 1.29 is 9.53 Å². The van der Waals surface area contributed by atoms with E-state index in [-0.39, 0.29) is 5.91 Å². The first-order chi connectivity index (χ1) is 16.9. The third-order valence-corrected chi connectivity index (χ3v) is 5.72. The van der Waals surface area contributed by atoms with Crippen LogP contribution in [0.4, 0.5) is 5.13 Å². The Morgan fingerprint density at radius 2 is 1.74 bits per heavy atom. The number of methoxy groups -OCH3 is 1. The summed E-state index contributed by atoms with van der Waals surface area (Å²) in [7, 11) is 1.57. The second kappa shape index (κ2) is 14.2. The number of ether oxygens (including phenoxy) is 1. The van der Waals surface area contributed by atoms with Crippen LogP contribution in [0.25, 0.3) is 11.1 Å². The van der Waals surface area contributed by atoms with E-state index in [1.807, 2.05) is 39.8 Å². The van der Waals surface area contributed by atoms with E-state index in [4.69, 9.17) is 16.3 Å². The monoisotopic (exact) mass is 510 g/mol. The second-order valence-electron chi connectivity index (χ2n) is 7.14. The minimum Gasteiger partial charge on any atom is -0.496 e. The predicted octanol–water partition coefficient (Wildman–Crippen LogP) is 7.41. The summed E-state index contributed by atoms with van der Waals surface area (Å²) in [6, 6.07) is 17.6. The molecule has 6 nitrogen and oxygen atoms in total. The molecule has 4 aromatic rings. The van der Waals surface area contributed by atoms with Gasteiger partial charge in [-0.25, -0.2) is 0 Å². The number of anilines is 1. The molecule has 0 bridgehead atoms. The van der Waals surface area contributed by atoms with Crippen molar-refractivity contribution >= 4 is 34.0 Å². The van der Waals surface area contributed by atoms with E-state index in [1.54, 1.807) is 25.3 Å². The van der Waals surface area contributed by atoms with E-state index >= 15 is 0 Å². The van der Waals surface area contributed by atoms with E-state index in [2.05, 4.69) is 51.7 Å². The molecule has 2 heterocycles. The summed E-state index contributed by atoms with van der Waals surface area (Å²) in [5.41, 5.74) is 4.00. The average Bonchev–Trinajstić information content (AvgIpc) is 3.30. The summed E-state index contributed by atoms with van der Waals surface area (Å²) in [4.78, 5) is 17.0. The van der Waals surface area contributed by atoms with Crippen LogP contribution >= 0.6 is 22.9 Å². The molecule has 4 rings (SSSR count). The number of halogens is 1. The molecule has 1 amide bonds. The van der Waals surface area contributed by atoms with Gasteiger partial charge in [0.25, 0.3) is 5.91 Å². The zero-order valence-electron chi connectivity index (χ0n) is 20.9. The summed E-state index contributed by atoms with van der Waals surface area (Å²) in [5, 5.41) is 12.3. The minimum absolute atomic E-state index is 0.319. The highest BCUT2D eigenvalue weighted by atomic mass is 35.5. The highest BCUT2D eigenvalue weighted by Gasteiger charge is 2.18. The van der Waals surface area contributed by atoms with E-state index in [0.717, 1.165) is 22.7 Å². The zero-order chi connectivity index (χ0) is 25.8. The van der Waals surface area contributed by atoms with Gasteiger partial charge in [-0.1, -0.05) is 74.0 Å². The number of rotatable bonds is 5. The fourth-order valence-electron chi connectivity index (χ4n) is 3.08. The molecule has 0 aliphatic rings. The molecule has 0 fully saturated rings. The predicted molar refractivity (Wildman–Crippen MR) is 146 cm³/mol. The van der Waals surface area contributed by atoms with Gasteiger partial charge < -0.3 is 4.74 Å². The van der Waals surface area contributed by atoms with Crippen LogP contribution in [0.3, 0.4) is 0 Å². The van der Waals surface area contributed by atoms with Gasteiger partial charge in [-0.15, -0.1) is 10.2 Å². The summed E-state index contributed by atoms with van der Waals surface area (Å²) in [5.74, 6) is 0.302. The number of nitrogens with one attached hydrogen (secondary N) is 1. The van der Waals surface area contributed by atoms with Crippen molar-refractivity contribution in [2.45, 2.75) is 41.0 Å². The first-order valence-corrected chi connectivity index (χ1v) is 12.6. The van der Waals surface area contributed by atoms with Crippen LogP contribution in [-0.4, -0.2) is 28.2 Å². The van der Waals surface area contributed by atoms with Crippen molar-refractivity contribution in [3.05, 3.63) is 87.6 Å². The Balaban J connectivity index is 0.000000363. The standard InChI is InChI=1S/C17H15ClN4O2S.C8H10.C2H6/c1-9-6-12(13-7-11(18)4-5-15(13)24-3)14(8-19-9)16(23)20-17-22-21-10(2)25-17;1-2-8-6-4-3-5-7-8;1-2/h4-8H,1-3H3,(H,20,22,23);3-7H,2H2,1H3;1-2H3. The number of aromatic nitrogens is 3. The Hall–Kier alpha value is -3.29. The SMILES string of the molecule is CC.CCc1ccccc1.COc1ccc(Cl)cc1-c1cc(C)ncc1C(=O)Nc1nnc(C)s1. The van der Waals surface area contributed by atoms with Gasteiger partial charge >= 0.3 is 0 Å². The Kier molecular flexibility index (Phi) is 11.3. The lowest BCUT2D eigenvalue weighted by molar-refractivity contribution is 0.102. The minimum atomic E-state index is -0.319. The number of nitrogens with zero attached hydrogens (tertiary/aromatic N) is 3. The molecule has 1 N–H and O–H groups in total. The molecule has 0 unspecified atom stereocenters. The molecule has 2 aromatic heterocycles. The Morgan fingerprint density at radius 3 is 2.31 bits per heavy atom. The first kappa shape index (κ1) is 28.0. The maximum Gasteiger partial charge on any atom is 0.259 e. The van der Waals surface area contributed by atoms with Crippen molar-refractivity contribution in [3.63, 3.8) is 0 Å². The lowest BCUT2D eigenvalue weighted by atomic mass is 9.99. The lowest BCUT2D eigenvalue weighted by Crippen LogP contribution is -2.14. The number of benzene rings is 2. The fraction of sp³-hybridized carbons (Fsp3) is 0.259. The molecule has 0 saturated heterocycles. The molecule has 0 spiro atoms.